The van der Waals surface area contributed by atoms with E-state index in [1.807, 2.05) is 25.1 Å². The van der Waals surface area contributed by atoms with Gasteiger partial charge >= 0.3 is 5.97 Å². The molecule has 2 atom stereocenters. The van der Waals surface area contributed by atoms with Crippen LogP contribution in [0.5, 0.6) is 0 Å². The van der Waals surface area contributed by atoms with E-state index in [9.17, 15) is 4.79 Å². The molecule has 2 unspecified atom stereocenters. The van der Waals surface area contributed by atoms with Crippen molar-refractivity contribution >= 4 is 11.7 Å². The molecule has 3 rings (SSSR count). The quantitative estimate of drug-likeness (QED) is 0.868. The Labute approximate surface area is 126 Å². The zero-order chi connectivity index (χ0) is 15.0. The molecule has 2 fully saturated rings. The molecule has 114 valence electrons. The van der Waals surface area contributed by atoms with Crippen molar-refractivity contribution in [2.24, 2.45) is 0 Å². The molecular weight excluding hydrogens is 264 g/mol. The second kappa shape index (κ2) is 5.68. The Morgan fingerprint density at radius 1 is 1.29 bits per heavy atom. The minimum absolute atomic E-state index is 0.267. The average Bonchev–Trinajstić information content (AvgIpc) is 2.70. The zero-order valence-electron chi connectivity index (χ0n) is 13.1. The second-order valence-electron chi connectivity index (χ2n) is 6.40. The lowest BCUT2D eigenvalue weighted by atomic mass is 9.97. The van der Waals surface area contributed by atoms with Gasteiger partial charge in [-0.05, 0) is 51.8 Å². The van der Waals surface area contributed by atoms with Crippen LogP contribution < -0.4 is 5.32 Å². The number of esters is 1. The third kappa shape index (κ3) is 2.77. The number of ether oxygens (including phenoxy) is 1. The summed E-state index contributed by atoms with van der Waals surface area (Å²) in [6.45, 7) is 1.99. The van der Waals surface area contributed by atoms with Crippen LogP contribution in [0.15, 0.2) is 18.2 Å². The Bertz CT molecular complexity index is 530. The van der Waals surface area contributed by atoms with Gasteiger partial charge < -0.3 is 15.0 Å². The van der Waals surface area contributed by atoms with E-state index in [4.69, 9.17) is 4.74 Å². The lowest BCUT2D eigenvalue weighted by molar-refractivity contribution is 0.0601. The molecule has 2 bridgehead atoms. The van der Waals surface area contributed by atoms with E-state index in [1.54, 1.807) is 0 Å². The fourth-order valence-electron chi connectivity index (χ4n) is 3.81. The second-order valence-corrected chi connectivity index (χ2v) is 6.40. The molecule has 21 heavy (non-hydrogen) atoms. The molecular formula is C17H24N2O2. The van der Waals surface area contributed by atoms with Crippen molar-refractivity contribution in [1.82, 2.24) is 4.90 Å². The predicted octanol–water partition coefficient (Wildman–Crippen LogP) is 2.82. The van der Waals surface area contributed by atoms with Gasteiger partial charge in [0.2, 0.25) is 0 Å². The van der Waals surface area contributed by atoms with E-state index < -0.39 is 0 Å². The van der Waals surface area contributed by atoms with E-state index in [1.165, 1.54) is 20.0 Å². The molecule has 1 aromatic rings. The number of hydrogen-bond acceptors (Lipinski definition) is 4. The molecule has 2 heterocycles. The number of hydrogen-bond donors (Lipinski definition) is 1. The Morgan fingerprint density at radius 2 is 1.95 bits per heavy atom. The van der Waals surface area contributed by atoms with Crippen LogP contribution >= 0.6 is 0 Å². The molecule has 4 heteroatoms. The Kier molecular flexibility index (Phi) is 3.89. The summed E-state index contributed by atoms with van der Waals surface area (Å²) < 4.78 is 4.91. The number of piperidine rings is 1. The van der Waals surface area contributed by atoms with Gasteiger partial charge in [-0.3, -0.25) is 0 Å². The lowest BCUT2D eigenvalue weighted by Crippen LogP contribution is -2.44. The Balaban J connectivity index is 1.78. The number of carbonyl (C=O) groups excluding carboxylic acids is 1. The highest BCUT2D eigenvalue weighted by atomic mass is 16.5. The minimum Gasteiger partial charge on any atom is -0.465 e. The largest absolute Gasteiger partial charge is 0.465 e. The number of fused-ring (bicyclic) bond motifs is 2. The van der Waals surface area contributed by atoms with E-state index in [2.05, 4.69) is 17.3 Å². The standard InChI is InChI=1S/C17H24N2O2/c1-11-4-7-16(15(8-11)17(20)21-3)18-12-9-13-5-6-14(10-12)19(13)2/h4,7-8,12-14,18H,5-6,9-10H2,1-3H3. The van der Waals surface area contributed by atoms with E-state index in [0.717, 1.165) is 24.1 Å². The fraction of sp³-hybridized carbons (Fsp3) is 0.588. The molecule has 0 radical (unpaired) electrons. The molecule has 2 aliphatic rings. The number of aryl methyl sites for hydroxylation is 1. The fourth-order valence-corrected chi connectivity index (χ4v) is 3.81. The van der Waals surface area contributed by atoms with Gasteiger partial charge in [0.25, 0.3) is 0 Å². The third-order valence-electron chi connectivity index (χ3n) is 5.04. The molecule has 0 amide bonds. The number of rotatable bonds is 3. The van der Waals surface area contributed by atoms with Crippen molar-refractivity contribution in [2.75, 3.05) is 19.5 Å². The highest BCUT2D eigenvalue weighted by molar-refractivity contribution is 5.95. The molecule has 0 saturated carbocycles. The lowest BCUT2D eigenvalue weighted by Gasteiger charge is -2.37. The molecule has 1 aromatic carbocycles. The normalized spacial score (nSPS) is 28.4. The van der Waals surface area contributed by atoms with Gasteiger partial charge in [-0.15, -0.1) is 0 Å². The molecule has 2 aliphatic heterocycles. The first-order valence-corrected chi connectivity index (χ1v) is 7.76. The van der Waals surface area contributed by atoms with Gasteiger partial charge in [-0.25, -0.2) is 4.79 Å². The zero-order valence-corrected chi connectivity index (χ0v) is 13.1. The van der Waals surface area contributed by atoms with Crippen molar-refractivity contribution in [3.05, 3.63) is 29.3 Å². The first-order valence-electron chi connectivity index (χ1n) is 7.76. The number of carbonyl (C=O) groups is 1. The van der Waals surface area contributed by atoms with Crippen LogP contribution in [-0.4, -0.2) is 43.2 Å². The molecule has 0 spiro atoms. The molecule has 0 aliphatic carbocycles. The highest BCUT2D eigenvalue weighted by Crippen LogP contribution is 2.35. The number of nitrogens with one attached hydrogen (secondary N) is 1. The van der Waals surface area contributed by atoms with Crippen LogP contribution in [0.3, 0.4) is 0 Å². The van der Waals surface area contributed by atoms with Crippen LogP contribution in [-0.2, 0) is 4.74 Å². The summed E-state index contributed by atoms with van der Waals surface area (Å²) in [7, 11) is 3.68. The van der Waals surface area contributed by atoms with Gasteiger partial charge in [0, 0.05) is 23.8 Å². The van der Waals surface area contributed by atoms with Crippen molar-refractivity contribution < 1.29 is 9.53 Å². The van der Waals surface area contributed by atoms with Crippen LogP contribution in [0.4, 0.5) is 5.69 Å². The molecule has 1 N–H and O–H groups in total. The Morgan fingerprint density at radius 3 is 2.57 bits per heavy atom. The van der Waals surface area contributed by atoms with Crippen molar-refractivity contribution in [2.45, 2.75) is 50.7 Å². The first-order chi connectivity index (χ1) is 10.1. The molecule has 2 saturated heterocycles. The van der Waals surface area contributed by atoms with Crippen LogP contribution in [0, 0.1) is 6.92 Å². The van der Waals surface area contributed by atoms with Crippen molar-refractivity contribution in [3.63, 3.8) is 0 Å². The van der Waals surface area contributed by atoms with Crippen molar-refractivity contribution in [3.8, 4) is 0 Å². The summed E-state index contributed by atoms with van der Waals surface area (Å²) in [5.41, 5.74) is 2.62. The summed E-state index contributed by atoms with van der Waals surface area (Å²) in [5, 5.41) is 3.59. The minimum atomic E-state index is -0.267. The maximum atomic E-state index is 12.0. The summed E-state index contributed by atoms with van der Waals surface area (Å²) in [6.07, 6.45) is 4.91. The average molecular weight is 288 g/mol. The summed E-state index contributed by atoms with van der Waals surface area (Å²) >= 11 is 0. The summed E-state index contributed by atoms with van der Waals surface area (Å²) in [5.74, 6) is -0.267. The van der Waals surface area contributed by atoms with Crippen LogP contribution in [0.1, 0.15) is 41.6 Å². The van der Waals surface area contributed by atoms with E-state index >= 15 is 0 Å². The van der Waals surface area contributed by atoms with Gasteiger partial charge in [0.05, 0.1) is 12.7 Å². The SMILES string of the molecule is COC(=O)c1cc(C)ccc1NC1CC2CCC(C1)N2C. The maximum absolute atomic E-state index is 12.0. The monoisotopic (exact) mass is 288 g/mol. The maximum Gasteiger partial charge on any atom is 0.339 e. The first kappa shape index (κ1) is 14.4. The Hall–Kier alpha value is -1.55. The summed E-state index contributed by atoms with van der Waals surface area (Å²) in [4.78, 5) is 14.5. The smallest absolute Gasteiger partial charge is 0.339 e. The number of benzene rings is 1. The molecule has 4 nitrogen and oxygen atoms in total. The third-order valence-corrected chi connectivity index (χ3v) is 5.04. The predicted molar refractivity (Wildman–Crippen MR) is 83.7 cm³/mol. The van der Waals surface area contributed by atoms with E-state index in [-0.39, 0.29) is 5.97 Å². The van der Waals surface area contributed by atoms with Gasteiger partial charge in [-0.1, -0.05) is 11.6 Å². The van der Waals surface area contributed by atoms with Gasteiger partial charge in [0.1, 0.15) is 0 Å². The van der Waals surface area contributed by atoms with E-state index in [0.29, 0.717) is 23.7 Å². The number of anilines is 1. The highest BCUT2D eigenvalue weighted by Gasteiger charge is 2.38. The number of methoxy groups -OCH3 is 1. The molecule has 0 aromatic heterocycles. The topological polar surface area (TPSA) is 41.6 Å². The summed E-state index contributed by atoms with van der Waals surface area (Å²) in [6, 6.07) is 7.77. The van der Waals surface area contributed by atoms with Crippen LogP contribution in [0.2, 0.25) is 0 Å². The van der Waals surface area contributed by atoms with Gasteiger partial charge in [-0.2, -0.15) is 0 Å². The van der Waals surface area contributed by atoms with Crippen molar-refractivity contribution in [1.29, 1.82) is 0 Å². The number of nitrogens with zero attached hydrogens (tertiary/aromatic N) is 1. The van der Waals surface area contributed by atoms with Gasteiger partial charge in [0.15, 0.2) is 0 Å². The van der Waals surface area contributed by atoms with Crippen LogP contribution in [0.25, 0.3) is 0 Å².